The summed E-state index contributed by atoms with van der Waals surface area (Å²) in [6.07, 6.45) is -2.97. The van der Waals surface area contributed by atoms with Gasteiger partial charge in [-0.1, -0.05) is 70.4 Å². The second-order valence-electron chi connectivity index (χ2n) is 15.2. The predicted molar refractivity (Wildman–Crippen MR) is 178 cm³/mol. The third kappa shape index (κ3) is 7.93. The number of piperidine rings is 1. The van der Waals surface area contributed by atoms with Crippen LogP contribution in [0.2, 0.25) is 0 Å². The van der Waals surface area contributed by atoms with Crippen molar-refractivity contribution in [1.82, 2.24) is 20.9 Å². The number of primary amides is 1. The third-order valence-corrected chi connectivity index (χ3v) is 11.6. The van der Waals surface area contributed by atoms with Crippen LogP contribution in [0, 0.1) is 28.6 Å². The number of esters is 1. The summed E-state index contributed by atoms with van der Waals surface area (Å²) in [5.41, 5.74) is 2.16. The average molecular weight is 761 g/mol. The summed E-state index contributed by atoms with van der Waals surface area (Å²) in [4.78, 5) is 80.3. The van der Waals surface area contributed by atoms with E-state index in [1.807, 2.05) is 0 Å². The maximum Gasteiger partial charge on any atom is 0.397 e. The molecule has 1 aliphatic heterocycles. The molecule has 3 saturated carbocycles. The Labute approximate surface area is 303 Å². The first-order valence-electron chi connectivity index (χ1n) is 16.9. The molecule has 280 valence electrons. The second kappa shape index (κ2) is 14.1. The van der Waals surface area contributed by atoms with Crippen LogP contribution in [0.25, 0.3) is 0 Å². The molecular weight excluding hydrogens is 718 g/mol. The van der Waals surface area contributed by atoms with Gasteiger partial charge in [0.25, 0.3) is 5.91 Å². The van der Waals surface area contributed by atoms with Crippen LogP contribution in [-0.4, -0.2) is 81.6 Å². The van der Waals surface area contributed by atoms with Gasteiger partial charge in [0.05, 0.1) is 11.5 Å². The highest BCUT2D eigenvalue weighted by atomic mass is 35.5. The van der Waals surface area contributed by atoms with E-state index in [2.05, 4.69) is 16.0 Å². The molecule has 1 saturated heterocycles. The molecule has 4 aliphatic rings. The predicted octanol–water partition coefficient (Wildman–Crippen LogP) is 3.51. The average Bonchev–Trinajstić information content (AvgIpc) is 3.87. The molecule has 5 rings (SSSR count). The van der Waals surface area contributed by atoms with E-state index < -0.39 is 106 Å². The highest BCUT2D eigenvalue weighted by Gasteiger charge is 2.74. The zero-order valence-electron chi connectivity index (χ0n) is 28.4. The maximum absolute atomic E-state index is 14.3. The van der Waals surface area contributed by atoms with E-state index in [1.165, 1.54) is 4.90 Å². The van der Waals surface area contributed by atoms with E-state index in [0.29, 0.717) is 5.56 Å². The van der Waals surface area contributed by atoms with Crippen LogP contribution in [0.1, 0.15) is 64.9 Å². The van der Waals surface area contributed by atoms with E-state index in [-0.39, 0.29) is 25.5 Å². The number of nitrogens with two attached hydrogens (primary N) is 1. The lowest BCUT2D eigenvalue weighted by Gasteiger charge is -2.38. The fraction of sp³-hybridized carbons (Fsp3) is 0.647. The summed E-state index contributed by atoms with van der Waals surface area (Å²) in [6, 6.07) is 0.980. The van der Waals surface area contributed by atoms with Gasteiger partial charge in [0, 0.05) is 18.4 Å². The SMILES string of the molecule is CC(C)(C)[C@H](NC(=O)N[C@H](C(=O)OCc1ccccc1)C1(C(F)(F)F)CC1)C(=O)N1C[C@H]2[C@@H]([C@H]1C(=O)NC(CC1CCC1)C(=O)C(N)=O)C2(Cl)Cl. The summed E-state index contributed by atoms with van der Waals surface area (Å²) in [5, 5.41) is 7.15. The summed E-state index contributed by atoms with van der Waals surface area (Å²) in [5.74, 6) is -6.28. The number of nitrogens with one attached hydrogen (secondary N) is 3. The zero-order chi connectivity index (χ0) is 37.7. The topological polar surface area (TPSA) is 177 Å². The Kier molecular flexibility index (Phi) is 10.7. The molecule has 5 N–H and O–H groups in total. The molecule has 0 radical (unpaired) electrons. The first-order valence-corrected chi connectivity index (χ1v) is 17.6. The van der Waals surface area contributed by atoms with Crippen molar-refractivity contribution in [2.45, 2.75) is 101 Å². The Morgan fingerprint density at radius 1 is 1.00 bits per heavy atom. The fourth-order valence-corrected chi connectivity index (χ4v) is 7.91. The largest absolute Gasteiger partial charge is 0.459 e. The number of Topliss-reactive ketones (excluding diaryl/α,β-unsaturated/α-hetero) is 1. The molecule has 0 bridgehead atoms. The number of urea groups is 1. The zero-order valence-corrected chi connectivity index (χ0v) is 29.9. The number of halogens is 5. The minimum Gasteiger partial charge on any atom is -0.459 e. The molecule has 3 aliphatic carbocycles. The van der Waals surface area contributed by atoms with Crippen LogP contribution in [0.4, 0.5) is 18.0 Å². The number of fused-ring (bicyclic) bond motifs is 1. The van der Waals surface area contributed by atoms with Gasteiger partial charge in [-0.05, 0) is 36.2 Å². The van der Waals surface area contributed by atoms with E-state index in [4.69, 9.17) is 33.7 Å². The van der Waals surface area contributed by atoms with Crippen molar-refractivity contribution >= 4 is 58.7 Å². The standard InChI is InChI=1S/C34H42Cl2F3N5O7/c1-31(2,3)24(42-30(50)43-25(32(12-13-32)34(37,38)39)29(49)51-16-18-8-5-4-6-9-18)28(48)44-15-19-21(33(19,35)36)22(44)27(47)41-20(23(45)26(40)46)14-17-10-7-11-17/h4-6,8-9,17,19-22,24-25H,7,10-16H2,1-3H3,(H2,40,46)(H,41,47)(H2,42,43,50)/t19-,20?,21-,22-,24+,25+/m0/s1. The molecule has 5 amide bonds. The van der Waals surface area contributed by atoms with Gasteiger partial charge in [0.15, 0.2) is 0 Å². The van der Waals surface area contributed by atoms with Crippen molar-refractivity contribution in [2.75, 3.05) is 6.54 Å². The molecule has 1 aromatic carbocycles. The molecule has 4 fully saturated rings. The summed E-state index contributed by atoms with van der Waals surface area (Å²) >= 11 is 12.9. The highest BCUT2D eigenvalue weighted by molar-refractivity contribution is 6.51. The minimum absolute atomic E-state index is 0.0910. The van der Waals surface area contributed by atoms with Crippen LogP contribution in [0.5, 0.6) is 0 Å². The quantitative estimate of drug-likeness (QED) is 0.135. The first-order chi connectivity index (χ1) is 23.7. The molecule has 17 heteroatoms. The van der Waals surface area contributed by atoms with E-state index in [1.54, 1.807) is 51.1 Å². The number of hydrogen-bond donors (Lipinski definition) is 4. The summed E-state index contributed by atoms with van der Waals surface area (Å²) in [6.45, 7) is 4.36. The van der Waals surface area contributed by atoms with Gasteiger partial charge in [0.2, 0.25) is 17.6 Å². The maximum atomic E-state index is 14.3. The van der Waals surface area contributed by atoms with E-state index in [0.717, 1.165) is 19.3 Å². The van der Waals surface area contributed by atoms with Gasteiger partial charge >= 0.3 is 18.2 Å². The summed E-state index contributed by atoms with van der Waals surface area (Å²) in [7, 11) is 0. The van der Waals surface area contributed by atoms with Crippen LogP contribution < -0.4 is 21.7 Å². The third-order valence-electron chi connectivity index (χ3n) is 10.6. The number of likely N-dealkylation sites (tertiary alicyclic amines) is 1. The van der Waals surface area contributed by atoms with Gasteiger partial charge in [-0.25, -0.2) is 9.59 Å². The van der Waals surface area contributed by atoms with Crippen LogP contribution in [-0.2, 0) is 35.3 Å². The molecule has 1 unspecified atom stereocenters. The van der Waals surface area contributed by atoms with Gasteiger partial charge < -0.3 is 31.3 Å². The number of benzene rings is 1. The van der Waals surface area contributed by atoms with Crippen LogP contribution >= 0.6 is 23.2 Å². The van der Waals surface area contributed by atoms with Crippen molar-refractivity contribution < 1.29 is 46.7 Å². The molecule has 12 nitrogen and oxygen atoms in total. The Bertz CT molecular complexity index is 1560. The lowest BCUT2D eigenvalue weighted by molar-refractivity contribution is -0.202. The Balaban J connectivity index is 1.34. The van der Waals surface area contributed by atoms with Crippen molar-refractivity contribution in [1.29, 1.82) is 0 Å². The normalized spacial score (nSPS) is 24.9. The number of hydrogen-bond acceptors (Lipinski definition) is 7. The van der Waals surface area contributed by atoms with Gasteiger partial charge in [-0.2, -0.15) is 13.2 Å². The van der Waals surface area contributed by atoms with Crippen LogP contribution in [0.15, 0.2) is 30.3 Å². The van der Waals surface area contributed by atoms with Gasteiger partial charge in [-0.3, -0.25) is 19.2 Å². The van der Waals surface area contributed by atoms with Crippen molar-refractivity contribution in [3.05, 3.63) is 35.9 Å². The number of rotatable bonds is 13. The van der Waals surface area contributed by atoms with Crippen molar-refractivity contribution in [2.24, 2.45) is 34.3 Å². The molecule has 1 aromatic rings. The molecule has 1 heterocycles. The molecule has 6 atom stereocenters. The highest BCUT2D eigenvalue weighted by Crippen LogP contribution is 2.65. The molecule has 0 spiro atoms. The number of ketones is 1. The van der Waals surface area contributed by atoms with Gasteiger partial charge in [0.1, 0.15) is 29.1 Å². The van der Waals surface area contributed by atoms with E-state index >= 15 is 0 Å². The first kappa shape index (κ1) is 38.6. The number of alkyl halides is 5. The Morgan fingerprint density at radius 3 is 2.14 bits per heavy atom. The number of nitrogens with zero attached hydrogens (tertiary/aromatic N) is 1. The van der Waals surface area contributed by atoms with Gasteiger partial charge in [-0.15, -0.1) is 23.2 Å². The smallest absolute Gasteiger partial charge is 0.397 e. The molecular formula is C34H42Cl2F3N5O7. The lowest BCUT2D eigenvalue weighted by Crippen LogP contribution is -2.63. The van der Waals surface area contributed by atoms with Crippen molar-refractivity contribution in [3.8, 4) is 0 Å². The fourth-order valence-electron chi connectivity index (χ4n) is 7.08. The van der Waals surface area contributed by atoms with Crippen LogP contribution in [0.3, 0.4) is 0 Å². The number of carbonyl (C=O) groups is 6. The Morgan fingerprint density at radius 2 is 1.63 bits per heavy atom. The van der Waals surface area contributed by atoms with Crippen molar-refractivity contribution in [3.63, 3.8) is 0 Å². The number of carbonyl (C=O) groups excluding carboxylic acids is 6. The number of ether oxygens (including phenoxy) is 1. The number of amides is 5. The lowest BCUT2D eigenvalue weighted by atomic mass is 9.80. The van der Waals surface area contributed by atoms with E-state index in [9.17, 15) is 41.9 Å². The summed E-state index contributed by atoms with van der Waals surface area (Å²) < 4.78 is 46.6. The monoisotopic (exact) mass is 759 g/mol. The molecule has 51 heavy (non-hydrogen) atoms. The molecule has 0 aromatic heterocycles. The second-order valence-corrected chi connectivity index (χ2v) is 16.6. The minimum atomic E-state index is -4.85. The Hall–Kier alpha value is -3.59.